The third kappa shape index (κ3) is 3.22. The van der Waals surface area contributed by atoms with Gasteiger partial charge in [0.1, 0.15) is 10.7 Å². The van der Waals surface area contributed by atoms with Gasteiger partial charge in [0, 0.05) is 11.1 Å². The van der Waals surface area contributed by atoms with Gasteiger partial charge in [-0.25, -0.2) is 4.39 Å². The fourth-order valence-corrected chi connectivity index (χ4v) is 1.92. The van der Waals surface area contributed by atoms with Crippen LogP contribution in [0.25, 0.3) is 0 Å². The number of thiocarbonyl (C=S) groups is 1. The Morgan fingerprint density at radius 3 is 2.63 bits per heavy atom. The molecule has 98 valence electrons. The second-order valence-electron chi connectivity index (χ2n) is 4.04. The van der Waals surface area contributed by atoms with Crippen LogP contribution in [0, 0.1) is 12.7 Å². The molecule has 2 aromatic carbocycles. The Balaban J connectivity index is 2.45. The van der Waals surface area contributed by atoms with Crippen LogP contribution in [0.1, 0.15) is 11.1 Å². The maximum absolute atomic E-state index is 13.7. The van der Waals surface area contributed by atoms with Crippen molar-refractivity contribution < 1.29 is 9.13 Å². The highest BCUT2D eigenvalue weighted by Gasteiger charge is 2.11. The molecule has 2 rings (SSSR count). The molecule has 0 bridgehead atoms. The summed E-state index contributed by atoms with van der Waals surface area (Å²) in [4.78, 5) is 0.166. The summed E-state index contributed by atoms with van der Waals surface area (Å²) in [5.74, 6) is -0.0104. The summed E-state index contributed by atoms with van der Waals surface area (Å²) < 4.78 is 19.2. The van der Waals surface area contributed by atoms with Gasteiger partial charge in [-0.15, -0.1) is 0 Å². The van der Waals surface area contributed by atoms with E-state index < -0.39 is 5.82 Å². The molecule has 0 spiro atoms. The van der Waals surface area contributed by atoms with Crippen LogP contribution in [0.5, 0.6) is 11.5 Å². The molecule has 0 aliphatic carbocycles. The standard InChI is InChI=1S/C14H11ClFNOS/c1-8-2-5-11(16)13(6-8)18-12-7-9(15)3-4-10(12)14(17)19/h2-7H,1H3,(H2,17,19). The van der Waals surface area contributed by atoms with E-state index in [1.165, 1.54) is 6.07 Å². The van der Waals surface area contributed by atoms with Crippen molar-refractivity contribution in [3.05, 3.63) is 58.4 Å². The van der Waals surface area contributed by atoms with Crippen molar-refractivity contribution in [2.24, 2.45) is 5.73 Å². The van der Waals surface area contributed by atoms with Gasteiger partial charge < -0.3 is 10.5 Å². The molecule has 2 aromatic rings. The van der Waals surface area contributed by atoms with E-state index in [1.807, 2.05) is 6.92 Å². The maximum Gasteiger partial charge on any atom is 0.165 e. The van der Waals surface area contributed by atoms with Crippen LogP contribution in [0.15, 0.2) is 36.4 Å². The first-order valence-electron chi connectivity index (χ1n) is 5.51. The highest BCUT2D eigenvalue weighted by atomic mass is 35.5. The van der Waals surface area contributed by atoms with E-state index in [1.54, 1.807) is 30.3 Å². The first-order chi connectivity index (χ1) is 8.97. The highest BCUT2D eigenvalue weighted by molar-refractivity contribution is 7.80. The van der Waals surface area contributed by atoms with Crippen LogP contribution in [0.3, 0.4) is 0 Å². The number of hydrogen-bond acceptors (Lipinski definition) is 2. The van der Waals surface area contributed by atoms with E-state index in [9.17, 15) is 4.39 Å². The van der Waals surface area contributed by atoms with Gasteiger partial charge in [-0.05, 0) is 36.8 Å². The molecule has 0 atom stereocenters. The van der Waals surface area contributed by atoms with Crippen LogP contribution < -0.4 is 10.5 Å². The van der Waals surface area contributed by atoms with Crippen LogP contribution in [0.2, 0.25) is 5.02 Å². The molecule has 0 amide bonds. The zero-order valence-electron chi connectivity index (χ0n) is 10.1. The van der Waals surface area contributed by atoms with Gasteiger partial charge in [-0.3, -0.25) is 0 Å². The van der Waals surface area contributed by atoms with Gasteiger partial charge in [0.25, 0.3) is 0 Å². The van der Waals surface area contributed by atoms with Crippen molar-refractivity contribution in [2.75, 3.05) is 0 Å². The van der Waals surface area contributed by atoms with Crippen LogP contribution in [-0.4, -0.2) is 4.99 Å². The molecule has 5 heteroatoms. The minimum Gasteiger partial charge on any atom is -0.453 e. The van der Waals surface area contributed by atoms with E-state index in [2.05, 4.69) is 0 Å². The molecule has 0 aromatic heterocycles. The SMILES string of the molecule is Cc1ccc(F)c(Oc2cc(Cl)ccc2C(N)=S)c1. The van der Waals surface area contributed by atoms with Crippen LogP contribution in [-0.2, 0) is 0 Å². The number of hydrogen-bond donors (Lipinski definition) is 1. The Kier molecular flexibility index (Phi) is 4.02. The molecule has 0 fully saturated rings. The summed E-state index contributed by atoms with van der Waals surface area (Å²) in [6, 6.07) is 9.45. The van der Waals surface area contributed by atoms with Crippen molar-refractivity contribution >= 4 is 28.8 Å². The molecular weight excluding hydrogens is 285 g/mol. The van der Waals surface area contributed by atoms with Crippen molar-refractivity contribution in [1.82, 2.24) is 0 Å². The molecule has 19 heavy (non-hydrogen) atoms. The third-order valence-electron chi connectivity index (χ3n) is 2.52. The molecule has 0 radical (unpaired) electrons. The highest BCUT2D eigenvalue weighted by Crippen LogP contribution is 2.30. The second kappa shape index (κ2) is 5.55. The lowest BCUT2D eigenvalue weighted by atomic mass is 10.2. The first kappa shape index (κ1) is 13.8. The Bertz CT molecular complexity index is 645. The fraction of sp³-hybridized carbons (Fsp3) is 0.0714. The normalized spacial score (nSPS) is 10.3. The monoisotopic (exact) mass is 295 g/mol. The van der Waals surface area contributed by atoms with Crippen molar-refractivity contribution in [3.8, 4) is 11.5 Å². The average molecular weight is 296 g/mol. The summed E-state index contributed by atoms with van der Waals surface area (Å²) in [5.41, 5.74) is 7.00. The van der Waals surface area contributed by atoms with E-state index >= 15 is 0 Å². The van der Waals surface area contributed by atoms with E-state index in [0.717, 1.165) is 5.56 Å². The Morgan fingerprint density at radius 1 is 1.21 bits per heavy atom. The summed E-state index contributed by atoms with van der Waals surface area (Å²) in [5, 5.41) is 0.461. The van der Waals surface area contributed by atoms with Crippen molar-refractivity contribution in [1.29, 1.82) is 0 Å². The zero-order chi connectivity index (χ0) is 14.0. The van der Waals surface area contributed by atoms with E-state index in [4.69, 9.17) is 34.3 Å². The molecule has 2 N–H and O–H groups in total. The summed E-state index contributed by atoms with van der Waals surface area (Å²) >= 11 is 10.8. The number of nitrogens with two attached hydrogens (primary N) is 1. The predicted molar refractivity (Wildman–Crippen MR) is 78.6 cm³/mol. The van der Waals surface area contributed by atoms with Gasteiger partial charge >= 0.3 is 0 Å². The van der Waals surface area contributed by atoms with Crippen LogP contribution >= 0.6 is 23.8 Å². The molecule has 0 unspecified atom stereocenters. The largest absolute Gasteiger partial charge is 0.453 e. The zero-order valence-corrected chi connectivity index (χ0v) is 11.7. The van der Waals surface area contributed by atoms with Crippen molar-refractivity contribution in [2.45, 2.75) is 6.92 Å². The van der Waals surface area contributed by atoms with E-state index in [0.29, 0.717) is 16.3 Å². The quantitative estimate of drug-likeness (QED) is 0.861. The number of benzene rings is 2. The molecular formula is C14H11ClFNOS. The average Bonchev–Trinajstić information content (AvgIpc) is 2.33. The molecule has 2 nitrogen and oxygen atoms in total. The summed E-state index contributed by atoms with van der Waals surface area (Å²) in [6.45, 7) is 1.85. The molecule has 0 saturated heterocycles. The lowest BCUT2D eigenvalue weighted by Crippen LogP contribution is -2.10. The van der Waals surface area contributed by atoms with Crippen molar-refractivity contribution in [3.63, 3.8) is 0 Å². The maximum atomic E-state index is 13.7. The number of rotatable bonds is 3. The minimum atomic E-state index is -0.459. The first-order valence-corrected chi connectivity index (χ1v) is 6.29. The molecule has 0 heterocycles. The van der Waals surface area contributed by atoms with Gasteiger partial charge in [-0.2, -0.15) is 0 Å². The summed E-state index contributed by atoms with van der Waals surface area (Å²) in [6.07, 6.45) is 0. The minimum absolute atomic E-state index is 0.111. The number of ether oxygens (including phenoxy) is 1. The molecule has 0 aliphatic heterocycles. The number of aryl methyl sites for hydroxylation is 1. The Labute approximate surface area is 120 Å². The third-order valence-corrected chi connectivity index (χ3v) is 2.97. The molecule has 0 aliphatic rings. The lowest BCUT2D eigenvalue weighted by molar-refractivity contribution is 0.441. The second-order valence-corrected chi connectivity index (χ2v) is 4.92. The van der Waals surface area contributed by atoms with Gasteiger partial charge in [-0.1, -0.05) is 29.9 Å². The number of halogens is 2. The van der Waals surface area contributed by atoms with E-state index in [-0.39, 0.29) is 10.7 Å². The molecule has 0 saturated carbocycles. The topological polar surface area (TPSA) is 35.2 Å². The van der Waals surface area contributed by atoms with Gasteiger partial charge in [0.15, 0.2) is 11.6 Å². The van der Waals surface area contributed by atoms with Gasteiger partial charge in [0.05, 0.1) is 5.56 Å². The summed E-state index contributed by atoms with van der Waals surface area (Å²) in [7, 11) is 0. The predicted octanol–water partition coefficient (Wildman–Crippen LogP) is 4.21. The van der Waals surface area contributed by atoms with Gasteiger partial charge in [0.2, 0.25) is 0 Å². The Hall–Kier alpha value is -1.65. The Morgan fingerprint density at radius 2 is 1.95 bits per heavy atom. The lowest BCUT2D eigenvalue weighted by Gasteiger charge is -2.11. The smallest absolute Gasteiger partial charge is 0.165 e. The van der Waals surface area contributed by atoms with Crippen LogP contribution in [0.4, 0.5) is 4.39 Å². The fourth-order valence-electron chi connectivity index (χ4n) is 1.59.